The van der Waals surface area contributed by atoms with E-state index in [9.17, 15) is 4.79 Å². The molecule has 1 heterocycles. The van der Waals surface area contributed by atoms with Gasteiger partial charge in [0.2, 0.25) is 0 Å². The Morgan fingerprint density at radius 3 is 2.72 bits per heavy atom. The first-order valence-electron chi connectivity index (χ1n) is 8.69. The first-order chi connectivity index (χ1) is 12.2. The highest BCUT2D eigenvalue weighted by Gasteiger charge is 2.12. The van der Waals surface area contributed by atoms with Crippen LogP contribution >= 0.6 is 0 Å². The molecule has 25 heavy (non-hydrogen) atoms. The number of ether oxygens (including phenoxy) is 2. The summed E-state index contributed by atoms with van der Waals surface area (Å²) in [4.78, 5) is 16.6. The number of anilines is 1. The number of hydrogen-bond acceptors (Lipinski definition) is 4. The van der Waals surface area contributed by atoms with Gasteiger partial charge in [0.05, 0.1) is 13.7 Å². The Morgan fingerprint density at radius 1 is 1.16 bits per heavy atom. The van der Waals surface area contributed by atoms with Gasteiger partial charge in [-0.15, -0.1) is 0 Å². The number of carbonyl (C=O) groups is 1. The number of rotatable bonds is 9. The number of carbonyl (C=O) groups excluding carboxylic acids is 1. The molecule has 0 saturated carbocycles. The van der Waals surface area contributed by atoms with Gasteiger partial charge in [-0.3, -0.25) is 4.79 Å². The van der Waals surface area contributed by atoms with Crippen molar-refractivity contribution >= 4 is 11.7 Å². The van der Waals surface area contributed by atoms with Crippen molar-refractivity contribution in [3.05, 3.63) is 47.7 Å². The Hall–Kier alpha value is -2.56. The van der Waals surface area contributed by atoms with Crippen LogP contribution in [0.3, 0.4) is 0 Å². The summed E-state index contributed by atoms with van der Waals surface area (Å²) in [7, 11) is 1.57. The van der Waals surface area contributed by atoms with Crippen LogP contribution in [0.15, 0.2) is 36.5 Å². The lowest BCUT2D eigenvalue weighted by Gasteiger charge is -2.12. The molecule has 2 aromatic rings. The van der Waals surface area contributed by atoms with E-state index in [1.54, 1.807) is 31.5 Å². The second-order valence-corrected chi connectivity index (χ2v) is 5.90. The summed E-state index contributed by atoms with van der Waals surface area (Å²) >= 11 is 0. The van der Waals surface area contributed by atoms with Crippen LogP contribution in [0.2, 0.25) is 0 Å². The van der Waals surface area contributed by atoms with E-state index in [0.717, 1.165) is 18.4 Å². The van der Waals surface area contributed by atoms with Crippen molar-refractivity contribution in [3.8, 4) is 11.5 Å². The number of unbranched alkanes of at least 4 members (excludes halogenated alkanes) is 3. The lowest BCUT2D eigenvalue weighted by atomic mass is 10.1. The molecule has 2 rings (SSSR count). The normalized spacial score (nSPS) is 10.4. The molecule has 0 aliphatic heterocycles. The second kappa shape index (κ2) is 9.67. The van der Waals surface area contributed by atoms with E-state index in [2.05, 4.69) is 17.2 Å². The molecule has 0 radical (unpaired) electrons. The Kier molecular flexibility index (Phi) is 7.26. The zero-order valence-corrected chi connectivity index (χ0v) is 15.2. The van der Waals surface area contributed by atoms with Gasteiger partial charge < -0.3 is 14.8 Å². The monoisotopic (exact) mass is 342 g/mol. The Morgan fingerprint density at radius 2 is 2.00 bits per heavy atom. The van der Waals surface area contributed by atoms with Gasteiger partial charge in [-0.25, -0.2) is 4.98 Å². The van der Waals surface area contributed by atoms with Crippen LogP contribution < -0.4 is 14.8 Å². The first-order valence-corrected chi connectivity index (χ1v) is 8.69. The van der Waals surface area contributed by atoms with Gasteiger partial charge in [0.1, 0.15) is 5.82 Å². The van der Waals surface area contributed by atoms with Gasteiger partial charge in [-0.1, -0.05) is 32.3 Å². The number of hydrogen-bond donors (Lipinski definition) is 1. The van der Waals surface area contributed by atoms with Crippen molar-refractivity contribution in [3.63, 3.8) is 0 Å². The molecule has 0 aliphatic rings. The summed E-state index contributed by atoms with van der Waals surface area (Å²) in [5.41, 5.74) is 1.41. The van der Waals surface area contributed by atoms with Gasteiger partial charge in [0.15, 0.2) is 11.5 Å². The van der Waals surface area contributed by atoms with E-state index < -0.39 is 0 Å². The smallest absolute Gasteiger partial charge is 0.256 e. The summed E-state index contributed by atoms with van der Waals surface area (Å²) in [6.45, 7) is 4.73. The van der Waals surface area contributed by atoms with E-state index in [4.69, 9.17) is 9.47 Å². The number of nitrogens with one attached hydrogen (secondary N) is 1. The molecule has 1 amide bonds. The van der Waals surface area contributed by atoms with Gasteiger partial charge in [0.25, 0.3) is 5.91 Å². The summed E-state index contributed by atoms with van der Waals surface area (Å²) in [5.74, 6) is 1.54. The van der Waals surface area contributed by atoms with E-state index in [-0.39, 0.29) is 5.91 Å². The van der Waals surface area contributed by atoms with E-state index in [0.29, 0.717) is 29.5 Å². The van der Waals surface area contributed by atoms with E-state index in [1.807, 2.05) is 19.1 Å². The maximum Gasteiger partial charge on any atom is 0.256 e. The summed E-state index contributed by atoms with van der Waals surface area (Å²) in [6.07, 6.45) is 6.23. The second-order valence-electron chi connectivity index (χ2n) is 5.90. The first kappa shape index (κ1) is 18.8. The van der Waals surface area contributed by atoms with Crippen molar-refractivity contribution in [2.45, 2.75) is 39.5 Å². The third-order valence-corrected chi connectivity index (χ3v) is 3.92. The minimum atomic E-state index is -0.227. The van der Waals surface area contributed by atoms with E-state index in [1.165, 1.54) is 12.8 Å². The highest BCUT2D eigenvalue weighted by Crippen LogP contribution is 2.28. The molecule has 5 heteroatoms. The van der Waals surface area contributed by atoms with Gasteiger partial charge >= 0.3 is 0 Å². The largest absolute Gasteiger partial charge is 0.493 e. The average molecular weight is 342 g/mol. The fraction of sp³-hybridized carbons (Fsp3) is 0.400. The molecule has 0 atom stereocenters. The number of pyridine rings is 1. The molecule has 1 aromatic carbocycles. The van der Waals surface area contributed by atoms with Crippen molar-refractivity contribution in [2.75, 3.05) is 19.0 Å². The lowest BCUT2D eigenvalue weighted by molar-refractivity contribution is 0.102. The number of amides is 1. The summed E-state index contributed by atoms with van der Waals surface area (Å²) in [5, 5.41) is 2.82. The van der Waals surface area contributed by atoms with Crippen LogP contribution in [0.25, 0.3) is 0 Å². The van der Waals surface area contributed by atoms with Gasteiger partial charge in [0, 0.05) is 11.8 Å². The molecule has 1 aromatic heterocycles. The van der Waals surface area contributed by atoms with Crippen LogP contribution in [-0.4, -0.2) is 24.6 Å². The van der Waals surface area contributed by atoms with Gasteiger partial charge in [-0.2, -0.15) is 0 Å². The summed E-state index contributed by atoms with van der Waals surface area (Å²) < 4.78 is 11.1. The Labute approximate surface area is 149 Å². The number of aromatic nitrogens is 1. The van der Waals surface area contributed by atoms with Crippen molar-refractivity contribution in [1.29, 1.82) is 0 Å². The minimum absolute atomic E-state index is 0.227. The van der Waals surface area contributed by atoms with Crippen molar-refractivity contribution in [1.82, 2.24) is 4.98 Å². The molecule has 5 nitrogen and oxygen atoms in total. The maximum absolute atomic E-state index is 12.4. The molecule has 0 fully saturated rings. The number of nitrogens with zero attached hydrogens (tertiary/aromatic N) is 1. The zero-order valence-electron chi connectivity index (χ0n) is 15.2. The topological polar surface area (TPSA) is 60.5 Å². The molecule has 0 aliphatic carbocycles. The predicted molar refractivity (Wildman–Crippen MR) is 99.6 cm³/mol. The molecule has 0 unspecified atom stereocenters. The average Bonchev–Trinajstić information content (AvgIpc) is 2.63. The molecule has 0 bridgehead atoms. The quantitative estimate of drug-likeness (QED) is 0.676. The predicted octanol–water partition coefficient (Wildman–Crippen LogP) is 4.61. The number of benzene rings is 1. The van der Waals surface area contributed by atoms with Crippen LogP contribution in [0.5, 0.6) is 11.5 Å². The molecule has 0 spiro atoms. The lowest BCUT2D eigenvalue weighted by Crippen LogP contribution is -2.14. The van der Waals surface area contributed by atoms with Crippen molar-refractivity contribution in [2.24, 2.45) is 0 Å². The van der Waals surface area contributed by atoms with Gasteiger partial charge in [-0.05, 0) is 43.2 Å². The van der Waals surface area contributed by atoms with Crippen LogP contribution in [-0.2, 0) is 0 Å². The standard InChI is InChI=1S/C20H26N2O3/c1-4-5-6-7-13-25-17-11-10-16(14-18(17)24-3)20(23)22-19-15(2)9-8-12-21-19/h8-12,14H,4-7,13H2,1-3H3,(H,21,22,23). The minimum Gasteiger partial charge on any atom is -0.493 e. The van der Waals surface area contributed by atoms with E-state index >= 15 is 0 Å². The number of methoxy groups -OCH3 is 1. The summed E-state index contributed by atoms with van der Waals surface area (Å²) in [6, 6.07) is 8.94. The molecular weight excluding hydrogens is 316 g/mol. The third-order valence-electron chi connectivity index (χ3n) is 3.92. The Bertz CT molecular complexity index is 701. The molecule has 0 saturated heterocycles. The SMILES string of the molecule is CCCCCCOc1ccc(C(=O)Nc2ncccc2C)cc1OC. The fourth-order valence-electron chi connectivity index (χ4n) is 2.44. The van der Waals surface area contributed by atoms with Crippen LogP contribution in [0.4, 0.5) is 5.82 Å². The Balaban J connectivity index is 2.02. The molecular formula is C20H26N2O3. The fourth-order valence-corrected chi connectivity index (χ4v) is 2.44. The van der Waals surface area contributed by atoms with Crippen LogP contribution in [0.1, 0.15) is 48.5 Å². The highest BCUT2D eigenvalue weighted by atomic mass is 16.5. The zero-order chi connectivity index (χ0) is 18.1. The molecule has 1 N–H and O–H groups in total. The van der Waals surface area contributed by atoms with Crippen LogP contribution in [0, 0.1) is 6.92 Å². The molecule has 134 valence electrons. The highest BCUT2D eigenvalue weighted by molar-refractivity contribution is 6.04. The number of aryl methyl sites for hydroxylation is 1. The maximum atomic E-state index is 12.4. The van der Waals surface area contributed by atoms with Crippen molar-refractivity contribution < 1.29 is 14.3 Å². The third kappa shape index (κ3) is 5.48.